The van der Waals surface area contributed by atoms with Gasteiger partial charge in [-0.25, -0.2) is 0 Å². The van der Waals surface area contributed by atoms with E-state index in [1.165, 1.54) is 5.56 Å². The molecule has 0 spiro atoms. The number of nitrogens with one attached hydrogen (secondary N) is 2. The SMILES string of the molecule is COc1ccc(CC[C@H](C)NC(=O)c2ccc(C(C)(C)C)[nH]c2=O)cc1. The number of carbonyl (C=O) groups is 1. The first-order valence-electron chi connectivity index (χ1n) is 8.88. The number of methoxy groups -OCH3 is 1. The maximum Gasteiger partial charge on any atom is 0.261 e. The van der Waals surface area contributed by atoms with Gasteiger partial charge in [0.1, 0.15) is 11.3 Å². The summed E-state index contributed by atoms with van der Waals surface area (Å²) in [5.41, 5.74) is 1.62. The number of amides is 1. The van der Waals surface area contributed by atoms with Gasteiger partial charge in [0.2, 0.25) is 0 Å². The highest BCUT2D eigenvalue weighted by atomic mass is 16.5. The Morgan fingerprint density at radius 3 is 2.35 bits per heavy atom. The molecule has 1 aromatic carbocycles. The van der Waals surface area contributed by atoms with E-state index >= 15 is 0 Å². The van der Waals surface area contributed by atoms with Crippen LogP contribution in [0.4, 0.5) is 0 Å². The van der Waals surface area contributed by atoms with Crippen LogP contribution in [0.5, 0.6) is 5.75 Å². The van der Waals surface area contributed by atoms with Crippen molar-refractivity contribution in [1.29, 1.82) is 0 Å². The predicted molar refractivity (Wildman–Crippen MR) is 104 cm³/mol. The van der Waals surface area contributed by atoms with Gasteiger partial charge in [0.05, 0.1) is 7.11 Å². The zero-order chi connectivity index (χ0) is 19.3. The lowest BCUT2D eigenvalue weighted by atomic mass is 9.91. The van der Waals surface area contributed by atoms with E-state index in [2.05, 4.69) is 10.3 Å². The molecule has 26 heavy (non-hydrogen) atoms. The third-order valence-corrected chi connectivity index (χ3v) is 4.36. The number of aromatic amines is 1. The second-order valence-electron chi connectivity index (χ2n) is 7.63. The highest BCUT2D eigenvalue weighted by Gasteiger charge is 2.18. The molecular formula is C21H28N2O3. The average Bonchev–Trinajstić information content (AvgIpc) is 2.59. The maximum absolute atomic E-state index is 12.4. The summed E-state index contributed by atoms with van der Waals surface area (Å²) in [6, 6.07) is 11.3. The zero-order valence-corrected chi connectivity index (χ0v) is 16.2. The summed E-state index contributed by atoms with van der Waals surface area (Å²) in [5.74, 6) is 0.488. The molecule has 0 unspecified atom stereocenters. The highest BCUT2D eigenvalue weighted by Crippen LogP contribution is 2.18. The Morgan fingerprint density at radius 2 is 1.81 bits per heavy atom. The van der Waals surface area contributed by atoms with Crippen LogP contribution in [0.15, 0.2) is 41.2 Å². The monoisotopic (exact) mass is 356 g/mol. The normalized spacial score (nSPS) is 12.5. The minimum absolute atomic E-state index is 0.0358. The van der Waals surface area contributed by atoms with E-state index in [1.54, 1.807) is 19.2 Å². The molecule has 0 saturated heterocycles. The molecule has 5 heteroatoms. The Labute approximate surface area is 154 Å². The summed E-state index contributed by atoms with van der Waals surface area (Å²) in [4.78, 5) is 27.4. The van der Waals surface area contributed by atoms with Crippen LogP contribution in [0, 0.1) is 0 Å². The van der Waals surface area contributed by atoms with Crippen LogP contribution in [-0.4, -0.2) is 24.0 Å². The van der Waals surface area contributed by atoms with E-state index in [-0.39, 0.29) is 28.5 Å². The highest BCUT2D eigenvalue weighted by molar-refractivity contribution is 5.93. The molecule has 2 N–H and O–H groups in total. The summed E-state index contributed by atoms with van der Waals surface area (Å²) in [6.07, 6.45) is 1.63. The fourth-order valence-electron chi connectivity index (χ4n) is 2.64. The van der Waals surface area contributed by atoms with Crippen molar-refractivity contribution in [2.45, 2.75) is 52.0 Å². The summed E-state index contributed by atoms with van der Waals surface area (Å²) < 4.78 is 5.15. The van der Waals surface area contributed by atoms with Gasteiger partial charge in [0, 0.05) is 17.2 Å². The van der Waals surface area contributed by atoms with Crippen LogP contribution in [0.3, 0.4) is 0 Å². The number of pyridine rings is 1. The molecule has 0 radical (unpaired) electrons. The van der Waals surface area contributed by atoms with E-state index in [0.29, 0.717) is 0 Å². The molecule has 1 amide bonds. The molecule has 140 valence electrons. The minimum Gasteiger partial charge on any atom is -0.497 e. The summed E-state index contributed by atoms with van der Waals surface area (Å²) in [7, 11) is 1.64. The van der Waals surface area contributed by atoms with Crippen molar-refractivity contribution in [2.75, 3.05) is 7.11 Å². The van der Waals surface area contributed by atoms with Crippen molar-refractivity contribution in [2.24, 2.45) is 0 Å². The van der Waals surface area contributed by atoms with Crippen LogP contribution in [0.2, 0.25) is 0 Å². The lowest BCUT2D eigenvalue weighted by molar-refractivity contribution is 0.0937. The Hall–Kier alpha value is -2.56. The fourth-order valence-corrected chi connectivity index (χ4v) is 2.64. The van der Waals surface area contributed by atoms with Crippen molar-refractivity contribution in [3.8, 4) is 5.75 Å². The number of ether oxygens (including phenoxy) is 1. The first-order valence-corrected chi connectivity index (χ1v) is 8.88. The van der Waals surface area contributed by atoms with Gasteiger partial charge in [-0.05, 0) is 49.6 Å². The van der Waals surface area contributed by atoms with Gasteiger partial charge in [0.25, 0.3) is 11.5 Å². The molecule has 0 aliphatic rings. The molecule has 1 atom stereocenters. The lowest BCUT2D eigenvalue weighted by Crippen LogP contribution is -2.36. The van der Waals surface area contributed by atoms with Crippen molar-refractivity contribution in [3.63, 3.8) is 0 Å². The number of rotatable bonds is 6. The molecule has 0 saturated carbocycles. The summed E-state index contributed by atoms with van der Waals surface area (Å²) >= 11 is 0. The molecule has 2 aromatic rings. The van der Waals surface area contributed by atoms with Gasteiger partial charge in [-0.1, -0.05) is 32.9 Å². The third kappa shape index (κ3) is 5.22. The Balaban J connectivity index is 1.95. The van der Waals surface area contributed by atoms with Crippen LogP contribution < -0.4 is 15.6 Å². The topological polar surface area (TPSA) is 71.2 Å². The largest absolute Gasteiger partial charge is 0.497 e. The minimum atomic E-state index is -0.350. The van der Waals surface area contributed by atoms with E-state index in [0.717, 1.165) is 24.3 Å². The van der Waals surface area contributed by atoms with Crippen LogP contribution in [0.1, 0.15) is 55.7 Å². The van der Waals surface area contributed by atoms with Crippen molar-refractivity contribution >= 4 is 5.91 Å². The smallest absolute Gasteiger partial charge is 0.261 e. The van der Waals surface area contributed by atoms with Gasteiger partial charge in [-0.3, -0.25) is 9.59 Å². The van der Waals surface area contributed by atoms with Crippen molar-refractivity contribution in [1.82, 2.24) is 10.3 Å². The molecule has 1 heterocycles. The second kappa shape index (κ2) is 8.21. The molecular weight excluding hydrogens is 328 g/mol. The number of carbonyl (C=O) groups excluding carboxylic acids is 1. The van der Waals surface area contributed by atoms with Gasteiger partial charge < -0.3 is 15.0 Å². The number of hydrogen-bond donors (Lipinski definition) is 2. The lowest BCUT2D eigenvalue weighted by Gasteiger charge is -2.19. The van der Waals surface area contributed by atoms with Gasteiger partial charge in [0.15, 0.2) is 0 Å². The van der Waals surface area contributed by atoms with Gasteiger partial charge >= 0.3 is 0 Å². The second-order valence-corrected chi connectivity index (χ2v) is 7.63. The van der Waals surface area contributed by atoms with Crippen LogP contribution in [-0.2, 0) is 11.8 Å². The number of H-pyrrole nitrogens is 1. The molecule has 2 rings (SSSR count). The first kappa shape index (κ1) is 19.8. The molecule has 0 aliphatic carbocycles. The van der Waals surface area contributed by atoms with Gasteiger partial charge in [-0.15, -0.1) is 0 Å². The molecule has 5 nitrogen and oxygen atoms in total. The molecule has 1 aromatic heterocycles. The Bertz CT molecular complexity index is 801. The number of aryl methyl sites for hydroxylation is 1. The van der Waals surface area contributed by atoms with E-state index < -0.39 is 0 Å². The predicted octanol–water partition coefficient (Wildman–Crippen LogP) is 3.43. The number of benzene rings is 1. The van der Waals surface area contributed by atoms with E-state index in [4.69, 9.17) is 4.74 Å². The van der Waals surface area contributed by atoms with Crippen molar-refractivity contribution in [3.05, 3.63) is 63.6 Å². The quantitative estimate of drug-likeness (QED) is 0.833. The first-order chi connectivity index (χ1) is 12.2. The average molecular weight is 356 g/mol. The molecule has 0 bridgehead atoms. The summed E-state index contributed by atoms with van der Waals surface area (Å²) in [5, 5.41) is 2.90. The maximum atomic E-state index is 12.4. The standard InChI is InChI=1S/C21H28N2O3/c1-14(6-7-15-8-10-16(26-5)11-9-15)22-19(24)17-12-13-18(21(2,3)4)23-20(17)25/h8-14H,6-7H2,1-5H3,(H,22,24)(H,23,25)/t14-/m0/s1. The van der Waals surface area contributed by atoms with Gasteiger partial charge in [-0.2, -0.15) is 0 Å². The molecule has 0 fully saturated rings. The number of aromatic nitrogens is 1. The third-order valence-electron chi connectivity index (χ3n) is 4.36. The van der Waals surface area contributed by atoms with Crippen LogP contribution in [0.25, 0.3) is 0 Å². The van der Waals surface area contributed by atoms with E-state index in [9.17, 15) is 9.59 Å². The van der Waals surface area contributed by atoms with Crippen molar-refractivity contribution < 1.29 is 9.53 Å². The number of hydrogen-bond acceptors (Lipinski definition) is 3. The van der Waals surface area contributed by atoms with E-state index in [1.807, 2.05) is 52.0 Å². The Morgan fingerprint density at radius 1 is 1.15 bits per heavy atom. The summed E-state index contributed by atoms with van der Waals surface area (Å²) in [6.45, 7) is 7.98. The Kier molecular flexibility index (Phi) is 6.24. The zero-order valence-electron chi connectivity index (χ0n) is 16.2. The molecule has 0 aliphatic heterocycles. The fraction of sp³-hybridized carbons (Fsp3) is 0.429. The van der Waals surface area contributed by atoms with Crippen LogP contribution >= 0.6 is 0 Å².